The van der Waals surface area contributed by atoms with E-state index >= 15 is 0 Å². The Labute approximate surface area is 88.1 Å². The van der Waals surface area contributed by atoms with Crippen LogP contribution in [0.1, 0.15) is 6.42 Å². The van der Waals surface area contributed by atoms with E-state index in [2.05, 4.69) is 10.5 Å². The summed E-state index contributed by atoms with van der Waals surface area (Å²) in [6.45, 7) is 0. The molecule has 80 valence electrons. The zero-order chi connectivity index (χ0) is 11.1. The highest BCUT2D eigenvalue weighted by Gasteiger charge is 2.01. The molecule has 1 amide bonds. The van der Waals surface area contributed by atoms with E-state index < -0.39 is 11.9 Å². The van der Waals surface area contributed by atoms with Crippen LogP contribution in [0, 0.1) is 0 Å². The number of benzene rings is 1. The van der Waals surface area contributed by atoms with Crippen LogP contribution in [0.25, 0.3) is 0 Å². The zero-order valence-electron chi connectivity index (χ0n) is 8.26. The Hall–Kier alpha value is -1.88. The van der Waals surface area contributed by atoms with Crippen LogP contribution >= 0.6 is 0 Å². The Kier molecular flexibility index (Phi) is 4.30. The molecule has 1 atom stereocenters. The van der Waals surface area contributed by atoms with E-state index in [9.17, 15) is 4.79 Å². The maximum Gasteiger partial charge on any atom is 0.219 e. The first kappa shape index (κ1) is 11.2. The molecule has 0 saturated carbocycles. The van der Waals surface area contributed by atoms with E-state index in [1.807, 2.05) is 30.3 Å². The lowest BCUT2D eigenvalue weighted by atomic mass is 10.2. The molecule has 0 aliphatic carbocycles. The van der Waals surface area contributed by atoms with E-state index in [0.717, 1.165) is 5.69 Å². The monoisotopic (exact) mass is 206 g/mol. The van der Waals surface area contributed by atoms with E-state index in [4.69, 9.17) is 11.5 Å². The summed E-state index contributed by atoms with van der Waals surface area (Å²) in [5.41, 5.74) is 14.2. The van der Waals surface area contributed by atoms with Gasteiger partial charge in [-0.25, -0.2) is 0 Å². The fourth-order valence-electron chi connectivity index (χ4n) is 1.01. The van der Waals surface area contributed by atoms with Gasteiger partial charge in [0.15, 0.2) is 0 Å². The molecule has 0 heterocycles. The molecule has 0 fully saturated rings. The van der Waals surface area contributed by atoms with Gasteiger partial charge in [0.05, 0.1) is 11.7 Å². The number of hydrogen-bond donors (Lipinski definition) is 3. The largest absolute Gasteiger partial charge is 0.370 e. The Morgan fingerprint density at radius 3 is 2.73 bits per heavy atom. The first-order chi connectivity index (χ1) is 7.18. The number of nitrogens with two attached hydrogens (primary N) is 2. The third-order valence-electron chi connectivity index (χ3n) is 1.67. The van der Waals surface area contributed by atoms with Gasteiger partial charge in [0.25, 0.3) is 0 Å². The quantitative estimate of drug-likeness (QED) is 0.477. The summed E-state index contributed by atoms with van der Waals surface area (Å²) in [6.07, 6.45) is 1.55. The predicted molar refractivity (Wildman–Crippen MR) is 60.3 cm³/mol. The number of nitrogens with zero attached hydrogens (tertiary/aromatic N) is 1. The number of rotatable bonds is 5. The highest BCUT2D eigenvalue weighted by atomic mass is 16.1. The molecular formula is C10H14N4O. The van der Waals surface area contributed by atoms with Gasteiger partial charge in [0.1, 0.15) is 0 Å². The van der Waals surface area contributed by atoms with Crippen molar-refractivity contribution in [1.29, 1.82) is 0 Å². The van der Waals surface area contributed by atoms with Crippen LogP contribution in [0.4, 0.5) is 5.69 Å². The van der Waals surface area contributed by atoms with Crippen molar-refractivity contribution in [3.63, 3.8) is 0 Å². The second-order valence-electron chi connectivity index (χ2n) is 3.09. The van der Waals surface area contributed by atoms with Crippen molar-refractivity contribution in [2.75, 3.05) is 5.43 Å². The predicted octanol–water partition coefficient (Wildman–Crippen LogP) is 0.287. The average Bonchev–Trinajstić information content (AvgIpc) is 2.18. The van der Waals surface area contributed by atoms with E-state index in [1.165, 1.54) is 6.21 Å². The lowest BCUT2D eigenvalue weighted by Crippen LogP contribution is -2.28. The van der Waals surface area contributed by atoms with Crippen LogP contribution in [-0.4, -0.2) is 18.2 Å². The highest BCUT2D eigenvalue weighted by Crippen LogP contribution is 2.03. The molecule has 0 aliphatic heterocycles. The maximum atomic E-state index is 10.5. The second-order valence-corrected chi connectivity index (χ2v) is 3.09. The summed E-state index contributed by atoms with van der Waals surface area (Å²) >= 11 is 0. The molecule has 0 bridgehead atoms. The zero-order valence-corrected chi connectivity index (χ0v) is 8.26. The van der Waals surface area contributed by atoms with Crippen molar-refractivity contribution in [2.24, 2.45) is 16.6 Å². The van der Waals surface area contributed by atoms with Gasteiger partial charge in [-0.3, -0.25) is 10.2 Å². The van der Waals surface area contributed by atoms with Crippen LogP contribution in [0.15, 0.2) is 35.4 Å². The van der Waals surface area contributed by atoms with Gasteiger partial charge in [0.2, 0.25) is 5.91 Å². The van der Waals surface area contributed by atoms with Crippen molar-refractivity contribution in [3.05, 3.63) is 30.3 Å². The number of hydrogen-bond acceptors (Lipinski definition) is 4. The Morgan fingerprint density at radius 2 is 2.13 bits per heavy atom. The third kappa shape index (κ3) is 4.78. The molecule has 0 aliphatic rings. The smallest absolute Gasteiger partial charge is 0.219 e. The van der Waals surface area contributed by atoms with Crippen LogP contribution in [0.5, 0.6) is 0 Å². The molecule has 1 rings (SSSR count). The second kappa shape index (κ2) is 5.77. The molecule has 0 radical (unpaired) electrons. The van der Waals surface area contributed by atoms with Crippen molar-refractivity contribution in [1.82, 2.24) is 0 Å². The molecule has 1 aromatic rings. The molecule has 0 spiro atoms. The lowest BCUT2D eigenvalue weighted by molar-refractivity contribution is -0.118. The van der Waals surface area contributed by atoms with Crippen molar-refractivity contribution in [2.45, 2.75) is 12.5 Å². The first-order valence-electron chi connectivity index (χ1n) is 4.56. The van der Waals surface area contributed by atoms with Crippen LogP contribution in [0.2, 0.25) is 0 Å². The molecule has 1 aromatic carbocycles. The standard InChI is InChI=1S/C10H14N4O/c11-8(6-10(12)15)7-13-14-9-4-2-1-3-5-9/h1-5,7-8,14H,6,11H2,(H2,12,15)/b13-7+. The van der Waals surface area contributed by atoms with E-state index in [0.29, 0.717) is 0 Å². The van der Waals surface area contributed by atoms with E-state index in [-0.39, 0.29) is 6.42 Å². The van der Waals surface area contributed by atoms with Gasteiger partial charge >= 0.3 is 0 Å². The highest BCUT2D eigenvalue weighted by molar-refractivity contribution is 5.80. The molecule has 15 heavy (non-hydrogen) atoms. The average molecular weight is 206 g/mol. The maximum absolute atomic E-state index is 10.5. The Morgan fingerprint density at radius 1 is 1.47 bits per heavy atom. The van der Waals surface area contributed by atoms with Crippen molar-refractivity contribution in [3.8, 4) is 0 Å². The number of anilines is 1. The number of nitrogens with one attached hydrogen (secondary N) is 1. The molecule has 0 saturated heterocycles. The summed E-state index contributed by atoms with van der Waals surface area (Å²) in [7, 11) is 0. The molecule has 5 nitrogen and oxygen atoms in total. The number of amides is 1. The summed E-state index contributed by atoms with van der Waals surface area (Å²) < 4.78 is 0. The van der Waals surface area contributed by atoms with Gasteiger partial charge in [-0.2, -0.15) is 5.10 Å². The number of para-hydroxylation sites is 1. The molecule has 5 N–H and O–H groups in total. The summed E-state index contributed by atoms with van der Waals surface area (Å²) in [5, 5.41) is 3.89. The van der Waals surface area contributed by atoms with Gasteiger partial charge in [-0.05, 0) is 12.1 Å². The molecule has 5 heteroatoms. The van der Waals surface area contributed by atoms with Crippen LogP contribution in [-0.2, 0) is 4.79 Å². The van der Waals surface area contributed by atoms with Gasteiger partial charge in [-0.15, -0.1) is 0 Å². The molecule has 0 aromatic heterocycles. The van der Waals surface area contributed by atoms with Gasteiger partial charge < -0.3 is 11.5 Å². The van der Waals surface area contributed by atoms with Crippen LogP contribution < -0.4 is 16.9 Å². The number of primary amides is 1. The number of carbonyl (C=O) groups is 1. The first-order valence-corrected chi connectivity index (χ1v) is 4.56. The van der Waals surface area contributed by atoms with Gasteiger partial charge in [-0.1, -0.05) is 18.2 Å². The van der Waals surface area contributed by atoms with Gasteiger partial charge in [0, 0.05) is 12.6 Å². The minimum Gasteiger partial charge on any atom is -0.370 e. The Balaban J connectivity index is 2.36. The fraction of sp³-hybridized carbons (Fsp3) is 0.200. The molecule has 1 unspecified atom stereocenters. The fourth-order valence-corrected chi connectivity index (χ4v) is 1.01. The SMILES string of the molecule is NC(=O)CC(N)/C=N/Nc1ccccc1. The third-order valence-corrected chi connectivity index (χ3v) is 1.67. The normalized spacial score (nSPS) is 12.6. The van der Waals surface area contributed by atoms with Crippen LogP contribution in [0.3, 0.4) is 0 Å². The minimum absolute atomic E-state index is 0.0972. The number of hydrazone groups is 1. The van der Waals surface area contributed by atoms with Crippen molar-refractivity contribution < 1.29 is 4.79 Å². The summed E-state index contributed by atoms with van der Waals surface area (Å²) in [5.74, 6) is -0.436. The van der Waals surface area contributed by atoms with Crippen molar-refractivity contribution >= 4 is 17.8 Å². The topological polar surface area (TPSA) is 93.5 Å². The lowest BCUT2D eigenvalue weighted by Gasteiger charge is -2.02. The van der Waals surface area contributed by atoms with E-state index in [1.54, 1.807) is 0 Å². The minimum atomic E-state index is -0.446. The Bertz CT molecular complexity index is 337. The number of carbonyl (C=O) groups excluding carboxylic acids is 1. The summed E-state index contributed by atoms with van der Waals surface area (Å²) in [6, 6.07) is 8.99. The molecular weight excluding hydrogens is 192 g/mol. The summed E-state index contributed by atoms with van der Waals surface area (Å²) in [4.78, 5) is 10.5.